The number of aromatic amines is 1. The van der Waals surface area contributed by atoms with E-state index in [-0.39, 0.29) is 27.9 Å². The normalized spacial score (nSPS) is 20.1. The molecular weight excluding hydrogens is 370 g/mol. The first-order valence-electron chi connectivity index (χ1n) is 8.67. The van der Waals surface area contributed by atoms with E-state index in [9.17, 15) is 14.4 Å². The van der Waals surface area contributed by atoms with E-state index in [2.05, 4.69) is 20.4 Å². The lowest BCUT2D eigenvalue weighted by atomic mass is 9.93. The molecule has 1 aromatic heterocycles. The van der Waals surface area contributed by atoms with Crippen LogP contribution >= 0.6 is 11.6 Å². The zero-order chi connectivity index (χ0) is 19.1. The monoisotopic (exact) mass is 387 g/mol. The van der Waals surface area contributed by atoms with Crippen molar-refractivity contribution < 1.29 is 14.3 Å². The van der Waals surface area contributed by atoms with Crippen LogP contribution in [0.2, 0.25) is 5.02 Å². The maximum absolute atomic E-state index is 12.9. The summed E-state index contributed by atoms with van der Waals surface area (Å²) in [6, 6.07) is 6.54. The number of ether oxygens (including phenoxy) is 1. The Bertz CT molecular complexity index is 1000. The minimum Gasteiger partial charge on any atom is -0.465 e. The van der Waals surface area contributed by atoms with Crippen molar-refractivity contribution in [3.8, 4) is 0 Å². The number of methoxy groups -OCH3 is 1. The van der Waals surface area contributed by atoms with E-state index in [1.165, 1.54) is 19.2 Å². The molecule has 0 radical (unpaired) electrons. The zero-order valence-electron chi connectivity index (χ0n) is 14.6. The predicted molar refractivity (Wildman–Crippen MR) is 100 cm³/mol. The Labute approximate surface area is 160 Å². The van der Waals surface area contributed by atoms with Crippen LogP contribution < -0.4 is 16.2 Å². The molecule has 3 heterocycles. The molecule has 3 N–H and O–H groups in total. The summed E-state index contributed by atoms with van der Waals surface area (Å²) in [5, 5.41) is 6.40. The Kier molecular flexibility index (Phi) is 4.49. The van der Waals surface area contributed by atoms with Gasteiger partial charge in [0.25, 0.3) is 5.91 Å². The lowest BCUT2D eigenvalue weighted by Crippen LogP contribution is -2.35. The van der Waals surface area contributed by atoms with E-state index >= 15 is 0 Å². The van der Waals surface area contributed by atoms with Crippen LogP contribution in [0.3, 0.4) is 0 Å². The molecule has 2 aliphatic rings. The Morgan fingerprint density at radius 2 is 2.07 bits per heavy atom. The molecule has 2 atom stereocenters. The van der Waals surface area contributed by atoms with Gasteiger partial charge in [-0.3, -0.25) is 9.59 Å². The number of anilines is 1. The van der Waals surface area contributed by atoms with Crippen molar-refractivity contribution in [3.05, 3.63) is 62.0 Å². The molecule has 1 fully saturated rings. The van der Waals surface area contributed by atoms with E-state index in [1.807, 2.05) is 0 Å². The van der Waals surface area contributed by atoms with Gasteiger partial charge in [-0.15, -0.1) is 0 Å². The summed E-state index contributed by atoms with van der Waals surface area (Å²) in [5.41, 5.74) is 2.39. The average Bonchev–Trinajstić information content (AvgIpc) is 3.02. The summed E-state index contributed by atoms with van der Waals surface area (Å²) >= 11 is 6.10. The summed E-state index contributed by atoms with van der Waals surface area (Å²) in [6.45, 7) is 0. The molecule has 1 aromatic carbocycles. The van der Waals surface area contributed by atoms with Crippen molar-refractivity contribution in [2.24, 2.45) is 0 Å². The molecule has 4 rings (SSSR count). The van der Waals surface area contributed by atoms with Crippen LogP contribution in [-0.4, -0.2) is 30.0 Å². The molecule has 2 unspecified atom stereocenters. The van der Waals surface area contributed by atoms with E-state index in [0.29, 0.717) is 11.7 Å². The quantitative estimate of drug-likeness (QED) is 0.702. The number of esters is 1. The highest BCUT2D eigenvalue weighted by Gasteiger charge is 2.35. The van der Waals surface area contributed by atoms with Crippen LogP contribution in [0.4, 0.5) is 5.69 Å². The summed E-state index contributed by atoms with van der Waals surface area (Å²) in [6.07, 6.45) is 2.71. The number of carbonyl (C=O) groups excluding carboxylic acids is 2. The van der Waals surface area contributed by atoms with Crippen LogP contribution in [-0.2, 0) is 11.2 Å². The van der Waals surface area contributed by atoms with Gasteiger partial charge in [0.2, 0.25) is 5.56 Å². The van der Waals surface area contributed by atoms with E-state index in [1.54, 1.807) is 12.1 Å². The standard InChI is InChI=1S/C19H18ClN3O4/c1-27-19(26)12-4-2-11(8-13(12)20)22-18(25)17-16-9(7-15(24)23-17)6-10-3-5-14(16)21-10/h2,4,7-8,10,14,21H,3,5-6H2,1H3,(H,22,25)(H,23,24). The molecule has 1 amide bonds. The van der Waals surface area contributed by atoms with Gasteiger partial charge >= 0.3 is 5.97 Å². The van der Waals surface area contributed by atoms with E-state index in [4.69, 9.17) is 11.6 Å². The van der Waals surface area contributed by atoms with Crippen molar-refractivity contribution in [2.45, 2.75) is 31.3 Å². The topological polar surface area (TPSA) is 100 Å². The van der Waals surface area contributed by atoms with Crippen molar-refractivity contribution in [1.82, 2.24) is 10.3 Å². The summed E-state index contributed by atoms with van der Waals surface area (Å²) in [4.78, 5) is 39.2. The fourth-order valence-corrected chi connectivity index (χ4v) is 4.16. The molecule has 140 valence electrons. The van der Waals surface area contributed by atoms with Crippen molar-refractivity contribution in [3.63, 3.8) is 0 Å². The molecule has 8 heteroatoms. The van der Waals surface area contributed by atoms with Crippen molar-refractivity contribution >= 4 is 29.2 Å². The average molecular weight is 388 g/mol. The van der Waals surface area contributed by atoms with Gasteiger partial charge < -0.3 is 20.4 Å². The molecule has 2 aromatic rings. The largest absolute Gasteiger partial charge is 0.465 e. The molecule has 2 aliphatic heterocycles. The highest BCUT2D eigenvalue weighted by Crippen LogP contribution is 2.36. The zero-order valence-corrected chi connectivity index (χ0v) is 15.4. The lowest BCUT2D eigenvalue weighted by Gasteiger charge is -2.26. The predicted octanol–water partition coefficient (Wildman–Crippen LogP) is 2.42. The second kappa shape index (κ2) is 6.83. The molecule has 0 aliphatic carbocycles. The van der Waals surface area contributed by atoms with Gasteiger partial charge in [-0.05, 0) is 43.0 Å². The number of H-pyrrole nitrogens is 1. The molecule has 27 heavy (non-hydrogen) atoms. The van der Waals surface area contributed by atoms with Gasteiger partial charge in [-0.25, -0.2) is 4.79 Å². The summed E-state index contributed by atoms with van der Waals surface area (Å²) in [5.74, 6) is -0.973. The maximum atomic E-state index is 12.9. The van der Waals surface area contributed by atoms with Crippen LogP contribution in [0, 0.1) is 0 Å². The fourth-order valence-electron chi connectivity index (χ4n) is 3.90. The smallest absolute Gasteiger partial charge is 0.339 e. The molecule has 0 spiro atoms. The number of rotatable bonds is 3. The van der Waals surface area contributed by atoms with Crippen LogP contribution in [0.1, 0.15) is 50.9 Å². The number of hydrogen-bond acceptors (Lipinski definition) is 5. The highest BCUT2D eigenvalue weighted by atomic mass is 35.5. The van der Waals surface area contributed by atoms with Gasteiger partial charge in [0.1, 0.15) is 5.69 Å². The lowest BCUT2D eigenvalue weighted by molar-refractivity contribution is 0.0601. The van der Waals surface area contributed by atoms with E-state index in [0.717, 1.165) is 30.4 Å². The third-order valence-corrected chi connectivity index (χ3v) is 5.40. The number of pyridine rings is 1. The summed E-state index contributed by atoms with van der Waals surface area (Å²) in [7, 11) is 1.27. The second-order valence-electron chi connectivity index (χ2n) is 6.79. The number of aromatic nitrogens is 1. The van der Waals surface area contributed by atoms with Crippen LogP contribution in [0.5, 0.6) is 0 Å². The Morgan fingerprint density at radius 3 is 2.81 bits per heavy atom. The fraction of sp³-hybridized carbons (Fsp3) is 0.316. The highest BCUT2D eigenvalue weighted by molar-refractivity contribution is 6.34. The number of amides is 1. The van der Waals surface area contributed by atoms with Gasteiger partial charge in [-0.2, -0.15) is 0 Å². The summed E-state index contributed by atoms with van der Waals surface area (Å²) < 4.78 is 4.65. The Hall–Kier alpha value is -2.64. The third kappa shape index (κ3) is 3.24. The third-order valence-electron chi connectivity index (χ3n) is 5.08. The first kappa shape index (κ1) is 17.8. The number of nitrogens with one attached hydrogen (secondary N) is 3. The first-order valence-corrected chi connectivity index (χ1v) is 9.05. The molecule has 7 nitrogen and oxygen atoms in total. The SMILES string of the molecule is COC(=O)c1ccc(NC(=O)c2[nH]c(=O)cc3c2C2CCC(C3)N2)cc1Cl. The van der Waals surface area contributed by atoms with Gasteiger partial charge in [-0.1, -0.05) is 11.6 Å². The van der Waals surface area contributed by atoms with Gasteiger partial charge in [0.05, 0.1) is 17.7 Å². The number of carbonyl (C=O) groups is 2. The second-order valence-corrected chi connectivity index (χ2v) is 7.19. The van der Waals surface area contributed by atoms with Crippen molar-refractivity contribution in [1.29, 1.82) is 0 Å². The maximum Gasteiger partial charge on any atom is 0.339 e. The van der Waals surface area contributed by atoms with Crippen LogP contribution in [0.15, 0.2) is 29.1 Å². The molecule has 2 bridgehead atoms. The molecular formula is C19H18ClN3O4. The first-order chi connectivity index (χ1) is 13.0. The number of hydrogen-bond donors (Lipinski definition) is 3. The Morgan fingerprint density at radius 1 is 1.26 bits per heavy atom. The molecule has 1 saturated heterocycles. The van der Waals surface area contributed by atoms with Gasteiger partial charge in [0, 0.05) is 29.4 Å². The minimum absolute atomic E-state index is 0.0710. The number of fused-ring (bicyclic) bond motifs is 4. The number of halogens is 1. The van der Waals surface area contributed by atoms with Gasteiger partial charge in [0.15, 0.2) is 0 Å². The van der Waals surface area contributed by atoms with E-state index < -0.39 is 11.9 Å². The Balaban J connectivity index is 1.65. The van der Waals surface area contributed by atoms with Crippen LogP contribution in [0.25, 0.3) is 0 Å². The minimum atomic E-state index is -0.554. The molecule has 0 saturated carbocycles. The number of benzene rings is 1. The van der Waals surface area contributed by atoms with Crippen molar-refractivity contribution in [2.75, 3.05) is 12.4 Å².